The Morgan fingerprint density at radius 3 is 2.86 bits per heavy atom. The van der Waals surface area contributed by atoms with Crippen LogP contribution in [0, 0.1) is 11.3 Å². The number of ether oxygens (including phenoxy) is 1. The number of aromatic nitrogens is 1. The van der Waals surface area contributed by atoms with Crippen molar-refractivity contribution in [3.63, 3.8) is 0 Å². The highest BCUT2D eigenvalue weighted by molar-refractivity contribution is 7.11. The van der Waals surface area contributed by atoms with Crippen molar-refractivity contribution in [3.05, 3.63) is 45.4 Å². The van der Waals surface area contributed by atoms with E-state index in [-0.39, 0.29) is 0 Å². The Bertz CT molecular complexity index is 640. The SMILES string of the molecule is CCc1nc(COc2cccc(C(C)C)c2)sc1CC#N. The number of nitriles is 1. The minimum absolute atomic E-state index is 0.434. The normalized spacial score (nSPS) is 10.6. The molecule has 0 atom stereocenters. The number of nitrogens with zero attached hydrogens (tertiary/aromatic N) is 2. The number of hydrogen-bond donors (Lipinski definition) is 0. The molecule has 1 aromatic carbocycles. The summed E-state index contributed by atoms with van der Waals surface area (Å²) in [6.07, 6.45) is 1.29. The van der Waals surface area contributed by atoms with Crippen LogP contribution < -0.4 is 4.74 Å². The molecule has 1 aromatic heterocycles. The van der Waals surface area contributed by atoms with Crippen molar-refractivity contribution < 1.29 is 4.74 Å². The molecule has 0 aliphatic rings. The van der Waals surface area contributed by atoms with Crippen LogP contribution in [0.4, 0.5) is 0 Å². The lowest BCUT2D eigenvalue weighted by molar-refractivity contribution is 0.305. The predicted molar refractivity (Wildman–Crippen MR) is 85.7 cm³/mol. The minimum atomic E-state index is 0.434. The van der Waals surface area contributed by atoms with Gasteiger partial charge in [-0.15, -0.1) is 11.3 Å². The van der Waals surface area contributed by atoms with Gasteiger partial charge in [-0.05, 0) is 30.0 Å². The van der Waals surface area contributed by atoms with Gasteiger partial charge in [-0.25, -0.2) is 4.98 Å². The van der Waals surface area contributed by atoms with E-state index in [4.69, 9.17) is 10.00 Å². The van der Waals surface area contributed by atoms with E-state index in [2.05, 4.69) is 44.0 Å². The Morgan fingerprint density at radius 1 is 1.38 bits per heavy atom. The molecule has 0 spiro atoms. The zero-order chi connectivity index (χ0) is 15.2. The molecule has 3 nitrogen and oxygen atoms in total. The molecule has 0 bridgehead atoms. The lowest BCUT2D eigenvalue weighted by atomic mass is 10.0. The molecular formula is C17H20N2OS. The van der Waals surface area contributed by atoms with Crippen LogP contribution in [0.1, 0.15) is 47.8 Å². The van der Waals surface area contributed by atoms with Crippen molar-refractivity contribution in [3.8, 4) is 11.8 Å². The Balaban J connectivity index is 2.06. The lowest BCUT2D eigenvalue weighted by Crippen LogP contribution is -1.96. The van der Waals surface area contributed by atoms with Gasteiger partial charge in [0.15, 0.2) is 0 Å². The molecule has 0 N–H and O–H groups in total. The summed E-state index contributed by atoms with van der Waals surface area (Å²) in [4.78, 5) is 5.63. The summed E-state index contributed by atoms with van der Waals surface area (Å²) < 4.78 is 5.84. The molecule has 1 heterocycles. The fraction of sp³-hybridized carbons (Fsp3) is 0.412. The molecule has 21 heavy (non-hydrogen) atoms. The van der Waals surface area contributed by atoms with E-state index in [1.807, 2.05) is 12.1 Å². The summed E-state index contributed by atoms with van der Waals surface area (Å²) in [5, 5.41) is 9.77. The van der Waals surface area contributed by atoms with E-state index < -0.39 is 0 Å². The number of hydrogen-bond acceptors (Lipinski definition) is 4. The third-order valence-electron chi connectivity index (χ3n) is 3.28. The zero-order valence-corrected chi connectivity index (χ0v) is 13.5. The van der Waals surface area contributed by atoms with Gasteiger partial charge >= 0.3 is 0 Å². The molecule has 0 radical (unpaired) electrons. The molecule has 0 aliphatic heterocycles. The Kier molecular flexibility index (Phi) is 5.35. The van der Waals surface area contributed by atoms with Crippen molar-refractivity contribution >= 4 is 11.3 Å². The van der Waals surface area contributed by atoms with Crippen LogP contribution in [0.3, 0.4) is 0 Å². The third-order valence-corrected chi connectivity index (χ3v) is 4.36. The van der Waals surface area contributed by atoms with Crippen LogP contribution in [0.2, 0.25) is 0 Å². The number of aryl methyl sites for hydroxylation is 1. The van der Waals surface area contributed by atoms with Crippen molar-refractivity contribution in [1.82, 2.24) is 4.98 Å². The molecule has 0 saturated heterocycles. The van der Waals surface area contributed by atoms with E-state index in [1.54, 1.807) is 11.3 Å². The fourth-order valence-corrected chi connectivity index (χ4v) is 3.10. The zero-order valence-electron chi connectivity index (χ0n) is 12.7. The van der Waals surface area contributed by atoms with Crippen molar-refractivity contribution in [2.75, 3.05) is 0 Å². The van der Waals surface area contributed by atoms with Gasteiger partial charge in [0.25, 0.3) is 0 Å². The highest BCUT2D eigenvalue weighted by Gasteiger charge is 2.10. The monoisotopic (exact) mass is 300 g/mol. The third kappa shape index (κ3) is 4.05. The lowest BCUT2D eigenvalue weighted by Gasteiger charge is -2.08. The molecule has 0 saturated carbocycles. The van der Waals surface area contributed by atoms with Gasteiger partial charge in [0.2, 0.25) is 0 Å². The molecule has 2 rings (SSSR count). The highest BCUT2D eigenvalue weighted by Crippen LogP contribution is 2.23. The summed E-state index contributed by atoms with van der Waals surface area (Å²) in [5.74, 6) is 1.36. The molecular weight excluding hydrogens is 280 g/mol. The van der Waals surface area contributed by atoms with Crippen molar-refractivity contribution in [2.45, 2.75) is 46.1 Å². The van der Waals surface area contributed by atoms with Gasteiger partial charge in [-0.3, -0.25) is 0 Å². The maximum absolute atomic E-state index is 8.84. The van der Waals surface area contributed by atoms with E-state index in [1.165, 1.54) is 5.56 Å². The molecule has 4 heteroatoms. The van der Waals surface area contributed by atoms with Gasteiger partial charge in [0.05, 0.1) is 18.2 Å². The summed E-state index contributed by atoms with van der Waals surface area (Å²) in [6, 6.07) is 10.4. The summed E-state index contributed by atoms with van der Waals surface area (Å²) >= 11 is 1.58. The van der Waals surface area contributed by atoms with Crippen LogP contribution in [-0.4, -0.2) is 4.98 Å². The predicted octanol–water partition coefficient (Wildman–Crippen LogP) is 4.47. The molecule has 0 amide bonds. The van der Waals surface area contributed by atoms with Crippen LogP contribution >= 0.6 is 11.3 Å². The first-order valence-corrected chi connectivity index (χ1v) is 8.02. The fourth-order valence-electron chi connectivity index (χ4n) is 2.09. The second kappa shape index (κ2) is 7.24. The number of thiazole rings is 1. The molecule has 2 aromatic rings. The highest BCUT2D eigenvalue weighted by atomic mass is 32.1. The molecule has 0 aliphatic carbocycles. The Morgan fingerprint density at radius 2 is 2.19 bits per heavy atom. The topological polar surface area (TPSA) is 45.9 Å². The number of benzene rings is 1. The quantitative estimate of drug-likeness (QED) is 0.790. The summed E-state index contributed by atoms with van der Waals surface area (Å²) in [7, 11) is 0. The summed E-state index contributed by atoms with van der Waals surface area (Å²) in [6.45, 7) is 6.86. The second-order valence-electron chi connectivity index (χ2n) is 5.18. The maximum Gasteiger partial charge on any atom is 0.140 e. The first kappa shape index (κ1) is 15.5. The average molecular weight is 300 g/mol. The van der Waals surface area contributed by atoms with Gasteiger partial charge in [-0.2, -0.15) is 5.26 Å². The molecule has 0 fully saturated rings. The Hall–Kier alpha value is -1.86. The van der Waals surface area contributed by atoms with E-state index in [9.17, 15) is 0 Å². The Labute approximate surface area is 130 Å². The molecule has 0 unspecified atom stereocenters. The van der Waals surface area contributed by atoms with Gasteiger partial charge in [0.1, 0.15) is 17.4 Å². The van der Waals surface area contributed by atoms with Crippen LogP contribution in [0.5, 0.6) is 5.75 Å². The minimum Gasteiger partial charge on any atom is -0.486 e. The first-order chi connectivity index (χ1) is 10.1. The average Bonchev–Trinajstić information content (AvgIpc) is 2.88. The van der Waals surface area contributed by atoms with Gasteiger partial charge in [0, 0.05) is 4.88 Å². The van der Waals surface area contributed by atoms with Crippen molar-refractivity contribution in [1.29, 1.82) is 5.26 Å². The number of rotatable bonds is 6. The van der Waals surface area contributed by atoms with E-state index >= 15 is 0 Å². The van der Waals surface area contributed by atoms with E-state index in [0.717, 1.165) is 27.7 Å². The van der Waals surface area contributed by atoms with Crippen LogP contribution in [0.25, 0.3) is 0 Å². The standard InChI is InChI=1S/C17H20N2OS/c1-4-15-16(8-9-18)21-17(19-15)11-20-14-7-5-6-13(10-14)12(2)3/h5-7,10,12H,4,8,11H2,1-3H3. The molecule has 110 valence electrons. The summed E-state index contributed by atoms with van der Waals surface area (Å²) in [5.41, 5.74) is 2.29. The first-order valence-electron chi connectivity index (χ1n) is 7.21. The van der Waals surface area contributed by atoms with Gasteiger partial charge in [-0.1, -0.05) is 32.9 Å². The van der Waals surface area contributed by atoms with Gasteiger partial charge < -0.3 is 4.74 Å². The second-order valence-corrected chi connectivity index (χ2v) is 6.35. The maximum atomic E-state index is 8.84. The van der Waals surface area contributed by atoms with E-state index in [0.29, 0.717) is 18.9 Å². The smallest absolute Gasteiger partial charge is 0.140 e. The van der Waals surface area contributed by atoms with Crippen LogP contribution in [0.15, 0.2) is 24.3 Å². The van der Waals surface area contributed by atoms with Crippen LogP contribution in [-0.2, 0) is 19.4 Å². The van der Waals surface area contributed by atoms with Crippen molar-refractivity contribution in [2.24, 2.45) is 0 Å². The largest absolute Gasteiger partial charge is 0.486 e.